The van der Waals surface area contributed by atoms with Crippen LogP contribution >= 0.6 is 0 Å². The number of rotatable bonds is 2. The first-order valence-corrected chi connectivity index (χ1v) is 6.83. The molecule has 0 atom stereocenters. The van der Waals surface area contributed by atoms with Crippen LogP contribution in [-0.2, 0) is 6.18 Å². The number of benzene rings is 1. The van der Waals surface area contributed by atoms with Gasteiger partial charge in [-0.25, -0.2) is 9.97 Å². The Morgan fingerprint density at radius 2 is 1.96 bits per heavy atom. The topological polar surface area (TPSA) is 71.8 Å². The summed E-state index contributed by atoms with van der Waals surface area (Å²) in [5, 5.41) is 0.375. The van der Waals surface area contributed by atoms with Gasteiger partial charge in [-0.05, 0) is 23.6 Å². The van der Waals surface area contributed by atoms with E-state index in [0.717, 1.165) is 11.8 Å². The monoisotopic (exact) mass is 323 g/mol. The Labute approximate surface area is 128 Å². The minimum absolute atomic E-state index is 0.0703. The molecular formula is C15H12F3N3O2. The maximum absolute atomic E-state index is 12.5. The highest BCUT2D eigenvalue weighted by Gasteiger charge is 2.37. The number of nitrogens with one attached hydrogen (secondary N) is 1. The molecule has 0 saturated carbocycles. The number of aromatic amines is 1. The van der Waals surface area contributed by atoms with Gasteiger partial charge in [0.15, 0.2) is 5.82 Å². The third kappa shape index (κ3) is 2.84. The van der Waals surface area contributed by atoms with Crippen LogP contribution in [0.2, 0.25) is 0 Å². The number of nitrogens with zero attached hydrogens (tertiary/aromatic N) is 2. The maximum Gasteiger partial charge on any atom is 0.468 e. The highest BCUT2D eigenvalue weighted by Crippen LogP contribution is 2.30. The van der Waals surface area contributed by atoms with Crippen molar-refractivity contribution in [3.63, 3.8) is 0 Å². The molecular weight excluding hydrogens is 311 g/mol. The molecule has 0 unspecified atom stereocenters. The van der Waals surface area contributed by atoms with Crippen molar-refractivity contribution < 1.29 is 17.6 Å². The number of hydrogen-bond acceptors (Lipinski definition) is 4. The number of hydrogen-bond donors (Lipinski definition) is 1. The van der Waals surface area contributed by atoms with Crippen molar-refractivity contribution in [3.05, 3.63) is 46.3 Å². The molecule has 5 nitrogen and oxygen atoms in total. The predicted octanol–water partition coefficient (Wildman–Crippen LogP) is 3.72. The van der Waals surface area contributed by atoms with Gasteiger partial charge in [0.1, 0.15) is 12.0 Å². The summed E-state index contributed by atoms with van der Waals surface area (Å²) in [7, 11) is 0. The standard InChI is InChI=1S/C15H12F3N3O2/c1-7(2)8-3-4-10-9(5-8)13(22)21-12(19-10)11-6-23-14(20-11)15(16,17)18/h3-7H,1-2H3,(H,19,21,22). The second-order valence-corrected chi connectivity index (χ2v) is 5.38. The van der Waals surface area contributed by atoms with Gasteiger partial charge in [-0.3, -0.25) is 4.79 Å². The van der Waals surface area contributed by atoms with E-state index in [1.807, 2.05) is 19.9 Å². The van der Waals surface area contributed by atoms with Gasteiger partial charge in [0, 0.05) is 0 Å². The van der Waals surface area contributed by atoms with Gasteiger partial charge in [0.25, 0.3) is 5.56 Å². The van der Waals surface area contributed by atoms with Crippen molar-refractivity contribution in [1.29, 1.82) is 0 Å². The largest absolute Gasteiger partial charge is 0.468 e. The van der Waals surface area contributed by atoms with E-state index in [1.165, 1.54) is 0 Å². The number of alkyl halides is 3. The van der Waals surface area contributed by atoms with Crippen molar-refractivity contribution in [2.45, 2.75) is 25.9 Å². The van der Waals surface area contributed by atoms with Crippen LogP contribution in [0.25, 0.3) is 22.4 Å². The third-order valence-corrected chi connectivity index (χ3v) is 3.39. The van der Waals surface area contributed by atoms with E-state index in [4.69, 9.17) is 0 Å². The minimum Gasteiger partial charge on any atom is -0.441 e. The van der Waals surface area contributed by atoms with E-state index >= 15 is 0 Å². The molecule has 2 aromatic heterocycles. The molecule has 3 rings (SSSR count). The van der Waals surface area contributed by atoms with Crippen LogP contribution in [0.3, 0.4) is 0 Å². The summed E-state index contributed by atoms with van der Waals surface area (Å²) in [6, 6.07) is 5.21. The van der Waals surface area contributed by atoms with Gasteiger partial charge < -0.3 is 9.40 Å². The van der Waals surface area contributed by atoms with Crippen molar-refractivity contribution in [3.8, 4) is 11.5 Å². The van der Waals surface area contributed by atoms with Gasteiger partial charge in [0.05, 0.1) is 10.9 Å². The van der Waals surface area contributed by atoms with Crippen LogP contribution in [0.5, 0.6) is 0 Å². The average Bonchev–Trinajstić information content (AvgIpc) is 2.96. The van der Waals surface area contributed by atoms with E-state index in [2.05, 4.69) is 19.4 Å². The van der Waals surface area contributed by atoms with Gasteiger partial charge in [0.2, 0.25) is 0 Å². The van der Waals surface area contributed by atoms with Crippen LogP contribution in [0.4, 0.5) is 13.2 Å². The molecule has 0 amide bonds. The van der Waals surface area contributed by atoms with Crippen molar-refractivity contribution >= 4 is 10.9 Å². The Kier molecular flexibility index (Phi) is 3.46. The fourth-order valence-electron chi connectivity index (χ4n) is 2.15. The highest BCUT2D eigenvalue weighted by atomic mass is 19.4. The lowest BCUT2D eigenvalue weighted by molar-refractivity contribution is -0.157. The predicted molar refractivity (Wildman–Crippen MR) is 77.0 cm³/mol. The van der Waals surface area contributed by atoms with Gasteiger partial charge in [-0.15, -0.1) is 0 Å². The second-order valence-electron chi connectivity index (χ2n) is 5.38. The van der Waals surface area contributed by atoms with Gasteiger partial charge >= 0.3 is 12.1 Å². The van der Waals surface area contributed by atoms with Crippen molar-refractivity contribution in [2.24, 2.45) is 0 Å². The number of aromatic nitrogens is 3. The molecule has 0 spiro atoms. The van der Waals surface area contributed by atoms with Crippen LogP contribution in [0, 0.1) is 0 Å². The lowest BCUT2D eigenvalue weighted by Crippen LogP contribution is -2.10. The molecule has 0 aliphatic carbocycles. The summed E-state index contributed by atoms with van der Waals surface area (Å²) in [6.07, 6.45) is -3.88. The molecule has 120 valence electrons. The third-order valence-electron chi connectivity index (χ3n) is 3.39. The Hall–Kier alpha value is -2.64. The second kappa shape index (κ2) is 5.22. The zero-order chi connectivity index (χ0) is 16.8. The van der Waals surface area contributed by atoms with Gasteiger partial charge in [-0.1, -0.05) is 19.9 Å². The van der Waals surface area contributed by atoms with Crippen LogP contribution in [0.15, 0.2) is 33.7 Å². The first-order valence-electron chi connectivity index (χ1n) is 6.83. The first kappa shape index (κ1) is 15.3. The zero-order valence-electron chi connectivity index (χ0n) is 12.2. The quantitative estimate of drug-likeness (QED) is 0.780. The minimum atomic E-state index is -4.69. The number of H-pyrrole nitrogens is 1. The smallest absolute Gasteiger partial charge is 0.441 e. The molecule has 0 aliphatic rings. The summed E-state index contributed by atoms with van der Waals surface area (Å²) in [5.74, 6) is -1.21. The lowest BCUT2D eigenvalue weighted by Gasteiger charge is -2.06. The SMILES string of the molecule is CC(C)c1ccc2nc(-c3coc(C(F)(F)F)n3)[nH]c(=O)c2c1. The first-order chi connectivity index (χ1) is 10.8. The normalized spacial score (nSPS) is 12.3. The highest BCUT2D eigenvalue weighted by molar-refractivity contribution is 5.80. The molecule has 1 N–H and O–H groups in total. The summed E-state index contributed by atoms with van der Waals surface area (Å²) in [4.78, 5) is 22.1. The molecule has 0 aliphatic heterocycles. The van der Waals surface area contributed by atoms with Crippen molar-refractivity contribution in [1.82, 2.24) is 15.0 Å². The lowest BCUT2D eigenvalue weighted by atomic mass is 10.0. The van der Waals surface area contributed by atoms with Crippen molar-refractivity contribution in [2.75, 3.05) is 0 Å². The van der Waals surface area contributed by atoms with E-state index < -0.39 is 17.6 Å². The average molecular weight is 323 g/mol. The number of oxazole rings is 1. The summed E-state index contributed by atoms with van der Waals surface area (Å²) >= 11 is 0. The molecule has 0 radical (unpaired) electrons. The van der Waals surface area contributed by atoms with Crippen LogP contribution < -0.4 is 5.56 Å². The zero-order valence-corrected chi connectivity index (χ0v) is 12.2. The molecule has 3 aromatic rings. The molecule has 1 aromatic carbocycles. The van der Waals surface area contributed by atoms with Crippen LogP contribution in [0.1, 0.15) is 31.2 Å². The van der Waals surface area contributed by atoms with E-state index in [1.54, 1.807) is 12.1 Å². The summed E-state index contributed by atoms with van der Waals surface area (Å²) < 4.78 is 41.9. The molecule has 8 heteroatoms. The Bertz CT molecular complexity index is 926. The van der Waals surface area contributed by atoms with E-state index in [-0.39, 0.29) is 17.4 Å². The van der Waals surface area contributed by atoms with E-state index in [9.17, 15) is 18.0 Å². The van der Waals surface area contributed by atoms with Crippen LogP contribution in [-0.4, -0.2) is 15.0 Å². The summed E-state index contributed by atoms with van der Waals surface area (Å²) in [6.45, 7) is 3.98. The molecule has 0 saturated heterocycles. The Balaban J connectivity index is 2.11. The number of halogens is 3. The van der Waals surface area contributed by atoms with Gasteiger partial charge in [-0.2, -0.15) is 13.2 Å². The van der Waals surface area contributed by atoms with E-state index in [0.29, 0.717) is 10.9 Å². The molecule has 23 heavy (non-hydrogen) atoms. The Morgan fingerprint density at radius 3 is 2.57 bits per heavy atom. The number of fused-ring (bicyclic) bond motifs is 1. The molecule has 0 fully saturated rings. The molecule has 0 bridgehead atoms. The fraction of sp³-hybridized carbons (Fsp3) is 0.267. The maximum atomic E-state index is 12.5. The fourth-order valence-corrected chi connectivity index (χ4v) is 2.15. The summed E-state index contributed by atoms with van der Waals surface area (Å²) in [5.41, 5.74) is 0.733. The molecule has 2 heterocycles. The Morgan fingerprint density at radius 1 is 1.22 bits per heavy atom.